The normalized spacial score (nSPS) is 38.6. The van der Waals surface area contributed by atoms with Gasteiger partial charge in [-0.1, -0.05) is 20.8 Å². The highest BCUT2D eigenvalue weighted by molar-refractivity contribution is 4.90. The summed E-state index contributed by atoms with van der Waals surface area (Å²) < 4.78 is 0. The maximum atomic E-state index is 9.43. The first-order valence-corrected chi connectivity index (χ1v) is 9.20. The van der Waals surface area contributed by atoms with Crippen molar-refractivity contribution in [1.82, 2.24) is 10.2 Å². The van der Waals surface area contributed by atoms with Crippen LogP contribution >= 0.6 is 0 Å². The van der Waals surface area contributed by atoms with Crippen LogP contribution in [0.3, 0.4) is 0 Å². The third kappa shape index (κ3) is 4.94. The highest BCUT2D eigenvalue weighted by Crippen LogP contribution is 2.35. The summed E-state index contributed by atoms with van der Waals surface area (Å²) >= 11 is 0. The molecule has 3 heteroatoms. The van der Waals surface area contributed by atoms with Crippen molar-refractivity contribution in [2.75, 3.05) is 32.8 Å². The van der Waals surface area contributed by atoms with Crippen LogP contribution in [-0.4, -0.2) is 48.8 Å². The van der Waals surface area contributed by atoms with Gasteiger partial charge in [-0.2, -0.15) is 0 Å². The van der Waals surface area contributed by atoms with E-state index in [0.717, 1.165) is 30.8 Å². The van der Waals surface area contributed by atoms with E-state index >= 15 is 0 Å². The van der Waals surface area contributed by atoms with Gasteiger partial charge < -0.3 is 15.3 Å². The van der Waals surface area contributed by atoms with Crippen molar-refractivity contribution in [3.8, 4) is 0 Å². The van der Waals surface area contributed by atoms with Gasteiger partial charge in [0.25, 0.3) is 0 Å². The largest absolute Gasteiger partial charge is 0.396 e. The molecule has 1 saturated carbocycles. The Bertz CT molecular complexity index is 297. The zero-order valence-corrected chi connectivity index (χ0v) is 14.4. The highest BCUT2D eigenvalue weighted by atomic mass is 16.3. The van der Waals surface area contributed by atoms with Crippen LogP contribution in [0.25, 0.3) is 0 Å². The SMILES string of the molecule is CCCNC1CC(C)CC(C)C1CN1CCCC(CO)C1. The predicted molar refractivity (Wildman–Crippen MR) is 89.4 cm³/mol. The summed E-state index contributed by atoms with van der Waals surface area (Å²) in [6, 6.07) is 0.693. The number of piperidine rings is 1. The third-order valence-corrected chi connectivity index (χ3v) is 5.67. The number of nitrogens with one attached hydrogen (secondary N) is 1. The second-order valence-electron chi connectivity index (χ2n) is 7.73. The first kappa shape index (κ1) is 17.2. The molecule has 1 saturated heterocycles. The Balaban J connectivity index is 1.93. The Kier molecular flexibility index (Phi) is 6.97. The van der Waals surface area contributed by atoms with Gasteiger partial charge in [-0.25, -0.2) is 0 Å². The van der Waals surface area contributed by atoms with E-state index in [-0.39, 0.29) is 0 Å². The maximum Gasteiger partial charge on any atom is 0.0471 e. The van der Waals surface area contributed by atoms with Crippen LogP contribution in [0.1, 0.15) is 52.9 Å². The van der Waals surface area contributed by atoms with E-state index < -0.39 is 0 Å². The van der Waals surface area contributed by atoms with E-state index in [4.69, 9.17) is 0 Å². The molecule has 124 valence electrons. The molecule has 2 rings (SSSR count). The number of nitrogens with zero attached hydrogens (tertiary/aromatic N) is 1. The third-order valence-electron chi connectivity index (χ3n) is 5.67. The number of aliphatic hydroxyl groups excluding tert-OH is 1. The van der Waals surface area contributed by atoms with Crippen molar-refractivity contribution in [3.05, 3.63) is 0 Å². The molecule has 0 bridgehead atoms. The summed E-state index contributed by atoms with van der Waals surface area (Å²) in [4.78, 5) is 2.63. The molecular formula is C18H36N2O. The molecule has 1 aliphatic heterocycles. The molecule has 0 radical (unpaired) electrons. The number of hydrogen-bond donors (Lipinski definition) is 2. The molecule has 21 heavy (non-hydrogen) atoms. The van der Waals surface area contributed by atoms with E-state index in [1.807, 2.05) is 0 Å². The first-order valence-electron chi connectivity index (χ1n) is 9.20. The average molecular weight is 296 g/mol. The summed E-state index contributed by atoms with van der Waals surface area (Å²) in [6.07, 6.45) is 6.42. The minimum absolute atomic E-state index is 0.366. The lowest BCUT2D eigenvalue weighted by atomic mass is 9.72. The van der Waals surface area contributed by atoms with Gasteiger partial charge in [-0.3, -0.25) is 0 Å². The zero-order valence-electron chi connectivity index (χ0n) is 14.4. The lowest BCUT2D eigenvalue weighted by molar-refractivity contribution is 0.0641. The molecule has 0 spiro atoms. The number of rotatable bonds is 6. The summed E-state index contributed by atoms with van der Waals surface area (Å²) in [5.74, 6) is 2.97. The molecule has 0 aromatic heterocycles. The van der Waals surface area contributed by atoms with Gasteiger partial charge in [0.2, 0.25) is 0 Å². The van der Waals surface area contributed by atoms with Crippen molar-refractivity contribution in [1.29, 1.82) is 0 Å². The van der Waals surface area contributed by atoms with Crippen LogP contribution in [-0.2, 0) is 0 Å². The Hall–Kier alpha value is -0.120. The van der Waals surface area contributed by atoms with Gasteiger partial charge in [-0.05, 0) is 68.9 Å². The molecule has 0 aromatic rings. The molecule has 0 amide bonds. The Labute approximate surface area is 131 Å². The number of likely N-dealkylation sites (tertiary alicyclic amines) is 1. The number of aliphatic hydroxyl groups is 1. The fourth-order valence-electron chi connectivity index (χ4n) is 4.55. The fraction of sp³-hybridized carbons (Fsp3) is 1.00. The zero-order chi connectivity index (χ0) is 15.2. The van der Waals surface area contributed by atoms with E-state index in [0.29, 0.717) is 18.6 Å². The van der Waals surface area contributed by atoms with Crippen LogP contribution in [0.5, 0.6) is 0 Å². The molecule has 0 aromatic carbocycles. The second-order valence-corrected chi connectivity index (χ2v) is 7.73. The van der Waals surface area contributed by atoms with Crippen molar-refractivity contribution >= 4 is 0 Å². The van der Waals surface area contributed by atoms with Crippen LogP contribution in [0.2, 0.25) is 0 Å². The van der Waals surface area contributed by atoms with Gasteiger partial charge >= 0.3 is 0 Å². The molecule has 2 aliphatic rings. The Morgan fingerprint density at radius 1 is 1.24 bits per heavy atom. The van der Waals surface area contributed by atoms with Crippen LogP contribution in [0.4, 0.5) is 0 Å². The minimum Gasteiger partial charge on any atom is -0.396 e. The summed E-state index contributed by atoms with van der Waals surface area (Å²) in [7, 11) is 0. The monoisotopic (exact) mass is 296 g/mol. The van der Waals surface area contributed by atoms with Crippen LogP contribution in [0, 0.1) is 23.7 Å². The van der Waals surface area contributed by atoms with E-state index in [2.05, 4.69) is 31.0 Å². The molecule has 2 N–H and O–H groups in total. The first-order chi connectivity index (χ1) is 10.1. The van der Waals surface area contributed by atoms with E-state index in [9.17, 15) is 5.11 Å². The lowest BCUT2D eigenvalue weighted by Gasteiger charge is -2.44. The maximum absolute atomic E-state index is 9.43. The van der Waals surface area contributed by atoms with Gasteiger partial charge in [0, 0.05) is 25.7 Å². The smallest absolute Gasteiger partial charge is 0.0471 e. The summed E-state index contributed by atoms with van der Waals surface area (Å²) in [5.41, 5.74) is 0. The van der Waals surface area contributed by atoms with Gasteiger partial charge in [0.15, 0.2) is 0 Å². The van der Waals surface area contributed by atoms with Crippen LogP contribution in [0.15, 0.2) is 0 Å². The van der Waals surface area contributed by atoms with E-state index in [1.54, 1.807) is 0 Å². The molecule has 2 fully saturated rings. The standard InChI is InChI=1S/C18H36N2O/c1-4-7-19-18-10-14(2)9-15(3)17(18)12-20-8-5-6-16(11-20)13-21/h14-19,21H,4-13H2,1-3H3. The molecule has 5 atom stereocenters. The van der Waals surface area contributed by atoms with Gasteiger partial charge in [0.05, 0.1) is 0 Å². The van der Waals surface area contributed by atoms with Crippen molar-refractivity contribution < 1.29 is 5.11 Å². The highest BCUT2D eigenvalue weighted by Gasteiger charge is 2.35. The Morgan fingerprint density at radius 3 is 2.76 bits per heavy atom. The van der Waals surface area contributed by atoms with E-state index in [1.165, 1.54) is 45.2 Å². The lowest BCUT2D eigenvalue weighted by Crippen LogP contribution is -2.50. The molecule has 1 aliphatic carbocycles. The Morgan fingerprint density at radius 2 is 2.05 bits per heavy atom. The van der Waals surface area contributed by atoms with Crippen molar-refractivity contribution in [2.45, 2.75) is 58.9 Å². The van der Waals surface area contributed by atoms with Crippen molar-refractivity contribution in [3.63, 3.8) is 0 Å². The summed E-state index contributed by atoms with van der Waals surface area (Å²) in [5, 5.41) is 13.3. The average Bonchev–Trinajstić information content (AvgIpc) is 2.48. The fourth-order valence-corrected chi connectivity index (χ4v) is 4.55. The second kappa shape index (κ2) is 8.50. The molecule has 3 nitrogen and oxygen atoms in total. The molecule has 5 unspecified atom stereocenters. The molecule has 1 heterocycles. The van der Waals surface area contributed by atoms with Crippen LogP contribution < -0.4 is 5.32 Å². The topological polar surface area (TPSA) is 35.5 Å². The van der Waals surface area contributed by atoms with Gasteiger partial charge in [0.1, 0.15) is 0 Å². The van der Waals surface area contributed by atoms with Gasteiger partial charge in [-0.15, -0.1) is 0 Å². The van der Waals surface area contributed by atoms with Crippen molar-refractivity contribution in [2.24, 2.45) is 23.7 Å². The quantitative estimate of drug-likeness (QED) is 0.791. The number of hydrogen-bond acceptors (Lipinski definition) is 3. The summed E-state index contributed by atoms with van der Waals surface area (Å²) in [6.45, 7) is 12.2. The predicted octanol–water partition coefficient (Wildman–Crippen LogP) is 2.74. The minimum atomic E-state index is 0.366. The molecular weight excluding hydrogens is 260 g/mol.